The molecule has 2 atom stereocenters. The maximum absolute atomic E-state index is 13.5. The predicted molar refractivity (Wildman–Crippen MR) is 157 cm³/mol. The zero-order valence-electron chi connectivity index (χ0n) is 26.0. The van der Waals surface area contributed by atoms with Gasteiger partial charge in [-0.3, -0.25) is 0 Å². The van der Waals surface area contributed by atoms with Gasteiger partial charge in [-0.25, -0.2) is 9.59 Å². The first-order valence-electron chi connectivity index (χ1n) is 15.6. The number of alkyl carbamates (subject to hydrolysis) is 1. The van der Waals surface area contributed by atoms with Crippen molar-refractivity contribution in [1.29, 1.82) is 0 Å². The van der Waals surface area contributed by atoms with Crippen molar-refractivity contribution in [3.63, 3.8) is 0 Å². The standard InChI is InChI=1S/C33H46N4O5/c1-29(2,3)40-27(38)35-33-17-14-31(15-18-33,16-19-33)26-34-25(36-42-26)32(12-13-32)21-37(28(39)41-30(4,5)6)24-20-23(24)22-10-8-7-9-11-22/h7-11,23-24H,12-21H2,1-6H3,(H,35,38)/t23-,24+,31?,33?/m0/s1. The van der Waals surface area contributed by atoms with Crippen LogP contribution in [0.2, 0.25) is 0 Å². The molecule has 2 amide bonds. The number of fused-ring (bicyclic) bond motifs is 3. The third-order valence-electron chi connectivity index (χ3n) is 9.71. The molecule has 0 spiro atoms. The van der Waals surface area contributed by atoms with Gasteiger partial charge in [0.15, 0.2) is 5.82 Å². The van der Waals surface area contributed by atoms with Gasteiger partial charge in [0.2, 0.25) is 5.89 Å². The number of carbonyl (C=O) groups is 2. The summed E-state index contributed by atoms with van der Waals surface area (Å²) in [5, 5.41) is 7.72. The maximum atomic E-state index is 13.5. The molecule has 0 aliphatic heterocycles. The third kappa shape index (κ3) is 5.88. The number of rotatable bonds is 7. The molecule has 5 fully saturated rings. The van der Waals surface area contributed by atoms with Gasteiger partial charge in [-0.2, -0.15) is 4.98 Å². The lowest BCUT2D eigenvalue weighted by Crippen LogP contribution is -2.58. The van der Waals surface area contributed by atoms with Crippen molar-refractivity contribution in [2.75, 3.05) is 6.54 Å². The van der Waals surface area contributed by atoms with Crippen molar-refractivity contribution in [2.45, 2.75) is 139 Å². The molecule has 2 bridgehead atoms. The summed E-state index contributed by atoms with van der Waals surface area (Å²) in [6, 6.07) is 10.5. The van der Waals surface area contributed by atoms with Crippen molar-refractivity contribution < 1.29 is 23.6 Å². The molecule has 1 N–H and O–H groups in total. The van der Waals surface area contributed by atoms with Crippen LogP contribution in [-0.4, -0.2) is 56.6 Å². The lowest BCUT2D eigenvalue weighted by Gasteiger charge is -2.51. The monoisotopic (exact) mass is 578 g/mol. The van der Waals surface area contributed by atoms with E-state index in [0.29, 0.717) is 24.2 Å². The van der Waals surface area contributed by atoms with Crippen LogP contribution in [0.5, 0.6) is 0 Å². The highest BCUT2D eigenvalue weighted by molar-refractivity contribution is 5.70. The van der Waals surface area contributed by atoms with Gasteiger partial charge in [0.05, 0.1) is 5.41 Å². The first kappa shape index (κ1) is 29.0. The summed E-state index contributed by atoms with van der Waals surface area (Å²) in [5.74, 6) is 1.74. The van der Waals surface area contributed by atoms with E-state index >= 15 is 0 Å². The van der Waals surface area contributed by atoms with Crippen molar-refractivity contribution in [3.8, 4) is 0 Å². The summed E-state index contributed by atoms with van der Waals surface area (Å²) in [6.45, 7) is 11.9. The fourth-order valence-electron chi connectivity index (χ4n) is 7.02. The van der Waals surface area contributed by atoms with E-state index in [-0.39, 0.29) is 34.6 Å². The van der Waals surface area contributed by atoms with Gasteiger partial charge in [-0.15, -0.1) is 0 Å². The van der Waals surface area contributed by atoms with Crippen LogP contribution in [-0.2, 0) is 20.3 Å². The van der Waals surface area contributed by atoms with E-state index in [2.05, 4.69) is 34.7 Å². The average Bonchev–Trinajstić information content (AvgIpc) is 3.82. The molecule has 0 radical (unpaired) electrons. The molecule has 5 saturated carbocycles. The Morgan fingerprint density at radius 1 is 0.929 bits per heavy atom. The number of hydrogen-bond acceptors (Lipinski definition) is 7. The van der Waals surface area contributed by atoms with E-state index in [1.807, 2.05) is 52.5 Å². The Labute approximate surface area is 249 Å². The highest BCUT2D eigenvalue weighted by Gasteiger charge is 2.57. The first-order valence-corrected chi connectivity index (χ1v) is 15.6. The van der Waals surface area contributed by atoms with Crippen LogP contribution in [0.25, 0.3) is 0 Å². The highest BCUT2D eigenvalue weighted by atomic mass is 16.6. The van der Waals surface area contributed by atoms with Gasteiger partial charge < -0.3 is 24.2 Å². The molecule has 2 aromatic rings. The zero-order valence-corrected chi connectivity index (χ0v) is 26.0. The Morgan fingerprint density at radius 3 is 2.12 bits per heavy atom. The van der Waals surface area contributed by atoms with Crippen LogP contribution in [0.4, 0.5) is 9.59 Å². The quantitative estimate of drug-likeness (QED) is 0.387. The summed E-state index contributed by atoms with van der Waals surface area (Å²) in [7, 11) is 0. The highest BCUT2D eigenvalue weighted by Crippen LogP contribution is 2.55. The van der Waals surface area contributed by atoms with Gasteiger partial charge in [0.1, 0.15) is 11.2 Å². The molecule has 1 heterocycles. The Balaban J connectivity index is 1.15. The third-order valence-corrected chi connectivity index (χ3v) is 9.71. The molecule has 9 heteroatoms. The van der Waals surface area contributed by atoms with Gasteiger partial charge in [0.25, 0.3) is 0 Å². The number of carbonyl (C=O) groups excluding carboxylic acids is 2. The number of amides is 2. The number of aromatic nitrogens is 2. The summed E-state index contributed by atoms with van der Waals surface area (Å²) in [5.41, 5.74) is -0.514. The molecule has 1 aromatic carbocycles. The van der Waals surface area contributed by atoms with Crippen LogP contribution in [0, 0.1) is 0 Å². The fraction of sp³-hybridized carbons (Fsp3) is 0.697. The second-order valence-corrected chi connectivity index (χ2v) is 15.3. The first-order chi connectivity index (χ1) is 19.7. The van der Waals surface area contributed by atoms with E-state index < -0.39 is 11.2 Å². The van der Waals surface area contributed by atoms with Gasteiger partial charge in [0, 0.05) is 29.5 Å². The van der Waals surface area contributed by atoms with Gasteiger partial charge in [-0.1, -0.05) is 35.5 Å². The molecule has 228 valence electrons. The molecule has 5 aliphatic carbocycles. The average molecular weight is 579 g/mol. The van der Waals surface area contributed by atoms with Gasteiger partial charge in [-0.05, 0) is 105 Å². The molecule has 42 heavy (non-hydrogen) atoms. The van der Waals surface area contributed by atoms with Crippen LogP contribution in [0.1, 0.15) is 123 Å². The van der Waals surface area contributed by atoms with Crippen molar-refractivity contribution >= 4 is 12.2 Å². The molecule has 7 rings (SSSR count). The van der Waals surface area contributed by atoms with Crippen molar-refractivity contribution in [1.82, 2.24) is 20.4 Å². The normalized spacial score (nSPS) is 29.5. The minimum Gasteiger partial charge on any atom is -0.444 e. The van der Waals surface area contributed by atoms with Crippen LogP contribution < -0.4 is 5.32 Å². The molecule has 9 nitrogen and oxygen atoms in total. The van der Waals surface area contributed by atoms with E-state index in [0.717, 1.165) is 57.8 Å². The fourth-order valence-corrected chi connectivity index (χ4v) is 7.02. The van der Waals surface area contributed by atoms with E-state index in [9.17, 15) is 9.59 Å². The second kappa shape index (κ2) is 9.98. The Morgan fingerprint density at radius 2 is 1.55 bits per heavy atom. The minimum atomic E-state index is -0.572. The molecule has 0 unspecified atom stereocenters. The molecular weight excluding hydrogens is 532 g/mol. The zero-order chi connectivity index (χ0) is 30.0. The smallest absolute Gasteiger partial charge is 0.410 e. The molecule has 0 saturated heterocycles. The number of hydrogen-bond donors (Lipinski definition) is 1. The number of nitrogens with zero attached hydrogens (tertiary/aromatic N) is 3. The number of ether oxygens (including phenoxy) is 2. The van der Waals surface area contributed by atoms with Crippen LogP contribution in [0.3, 0.4) is 0 Å². The lowest BCUT2D eigenvalue weighted by atomic mass is 9.57. The summed E-state index contributed by atoms with van der Waals surface area (Å²) in [4.78, 5) is 33.0. The maximum Gasteiger partial charge on any atom is 0.410 e. The minimum absolute atomic E-state index is 0.104. The van der Waals surface area contributed by atoms with E-state index in [1.54, 1.807) is 0 Å². The number of nitrogens with one attached hydrogen (secondary N) is 1. The molecular formula is C33H46N4O5. The summed E-state index contributed by atoms with van der Waals surface area (Å²) >= 11 is 0. The van der Waals surface area contributed by atoms with Crippen molar-refractivity contribution in [2.24, 2.45) is 0 Å². The molecule has 1 aromatic heterocycles. The van der Waals surface area contributed by atoms with Crippen LogP contribution in [0.15, 0.2) is 34.9 Å². The van der Waals surface area contributed by atoms with Gasteiger partial charge >= 0.3 is 12.2 Å². The number of benzene rings is 1. The summed E-state index contributed by atoms with van der Waals surface area (Å²) < 4.78 is 17.4. The largest absolute Gasteiger partial charge is 0.444 e. The molecule has 5 aliphatic rings. The SMILES string of the molecule is CC(C)(C)OC(=O)NC12CCC(c3nc(C4(CN(C(=O)OC(C)(C)C)[C@@H]5C[C@H]5c5ccccc5)CC4)no3)(CC1)CC2. The van der Waals surface area contributed by atoms with Crippen molar-refractivity contribution in [3.05, 3.63) is 47.6 Å². The predicted octanol–water partition coefficient (Wildman–Crippen LogP) is 6.76. The van der Waals surface area contributed by atoms with Crippen LogP contribution >= 0.6 is 0 Å². The lowest BCUT2D eigenvalue weighted by molar-refractivity contribution is 0.0196. The Hall–Kier alpha value is -3.10. The Kier molecular flexibility index (Phi) is 6.89. The topological polar surface area (TPSA) is 107 Å². The second-order valence-electron chi connectivity index (χ2n) is 15.3. The van der Waals surface area contributed by atoms with E-state index in [4.69, 9.17) is 19.0 Å². The summed E-state index contributed by atoms with van der Waals surface area (Å²) in [6.07, 6.45) is 7.43. The van der Waals surface area contributed by atoms with E-state index in [1.165, 1.54) is 5.56 Å². The Bertz CT molecular complexity index is 1300.